The second kappa shape index (κ2) is 7.94. The summed E-state index contributed by atoms with van der Waals surface area (Å²) in [5.41, 5.74) is -0.107. The minimum absolute atomic E-state index is 0.00603. The van der Waals surface area contributed by atoms with Gasteiger partial charge in [0.25, 0.3) is 5.69 Å². The standard InChI is InChI=1S/C15H11BrClNO5/c16-11-6-5-10(9-13(11)18(20)21)15(19)23-8-7-22-14-4-2-1-3-12(14)17/h1-6,9H,7-8H2. The summed E-state index contributed by atoms with van der Waals surface area (Å²) >= 11 is 8.97. The van der Waals surface area contributed by atoms with Crippen molar-refractivity contribution in [2.45, 2.75) is 0 Å². The van der Waals surface area contributed by atoms with E-state index in [9.17, 15) is 14.9 Å². The molecule has 0 amide bonds. The third-order valence-electron chi connectivity index (χ3n) is 2.79. The lowest BCUT2D eigenvalue weighted by atomic mass is 10.2. The van der Waals surface area contributed by atoms with Crippen molar-refractivity contribution in [1.29, 1.82) is 0 Å². The van der Waals surface area contributed by atoms with Crippen molar-refractivity contribution in [1.82, 2.24) is 0 Å². The van der Waals surface area contributed by atoms with Crippen LogP contribution in [0.15, 0.2) is 46.9 Å². The molecule has 0 aliphatic heterocycles. The predicted octanol–water partition coefficient (Wildman–Crippen LogP) is 4.25. The largest absolute Gasteiger partial charge is 0.488 e. The summed E-state index contributed by atoms with van der Waals surface area (Å²) in [6.07, 6.45) is 0. The van der Waals surface area contributed by atoms with Crippen LogP contribution in [0.1, 0.15) is 10.4 Å². The second-order valence-corrected chi connectivity index (χ2v) is 5.60. The maximum absolute atomic E-state index is 11.9. The zero-order chi connectivity index (χ0) is 16.8. The highest BCUT2D eigenvalue weighted by molar-refractivity contribution is 9.10. The van der Waals surface area contributed by atoms with E-state index in [-0.39, 0.29) is 24.5 Å². The summed E-state index contributed by atoms with van der Waals surface area (Å²) in [4.78, 5) is 22.1. The molecule has 0 atom stereocenters. The first-order chi connectivity index (χ1) is 11.0. The lowest BCUT2D eigenvalue weighted by Crippen LogP contribution is -2.12. The Bertz CT molecular complexity index is 738. The first-order valence-electron chi connectivity index (χ1n) is 6.47. The fourth-order valence-electron chi connectivity index (χ4n) is 1.71. The highest BCUT2D eigenvalue weighted by Crippen LogP contribution is 2.26. The number of nitro groups is 1. The van der Waals surface area contributed by atoms with Gasteiger partial charge in [0.2, 0.25) is 0 Å². The van der Waals surface area contributed by atoms with E-state index in [1.165, 1.54) is 12.1 Å². The van der Waals surface area contributed by atoms with Gasteiger partial charge in [0, 0.05) is 6.07 Å². The van der Waals surface area contributed by atoms with Crippen LogP contribution in [-0.4, -0.2) is 24.1 Å². The maximum atomic E-state index is 11.9. The minimum atomic E-state index is -0.664. The molecule has 8 heteroatoms. The first kappa shape index (κ1) is 17.2. The molecule has 2 rings (SSSR count). The SMILES string of the molecule is O=C(OCCOc1ccccc1Cl)c1ccc(Br)c([N+](=O)[O-])c1. The molecule has 0 aliphatic carbocycles. The smallest absolute Gasteiger partial charge is 0.338 e. The number of hydrogen-bond acceptors (Lipinski definition) is 5. The molecule has 0 aromatic heterocycles. The van der Waals surface area contributed by atoms with Gasteiger partial charge in [-0.05, 0) is 40.2 Å². The molecule has 0 saturated carbocycles. The number of para-hydroxylation sites is 1. The number of nitro benzene ring substituents is 1. The molecule has 0 saturated heterocycles. The van der Waals surface area contributed by atoms with E-state index in [0.717, 1.165) is 6.07 Å². The average molecular weight is 401 g/mol. The van der Waals surface area contributed by atoms with Crippen molar-refractivity contribution in [3.8, 4) is 5.75 Å². The molecular weight excluding hydrogens is 390 g/mol. The third kappa shape index (κ3) is 4.67. The third-order valence-corrected chi connectivity index (χ3v) is 3.77. The van der Waals surface area contributed by atoms with Crippen LogP contribution >= 0.6 is 27.5 Å². The van der Waals surface area contributed by atoms with Crippen molar-refractivity contribution in [2.24, 2.45) is 0 Å². The predicted molar refractivity (Wildman–Crippen MR) is 88.0 cm³/mol. The van der Waals surface area contributed by atoms with E-state index in [2.05, 4.69) is 15.9 Å². The van der Waals surface area contributed by atoms with Crippen LogP contribution in [0.25, 0.3) is 0 Å². The van der Waals surface area contributed by atoms with Crippen molar-refractivity contribution >= 4 is 39.2 Å². The fourth-order valence-corrected chi connectivity index (χ4v) is 2.29. The number of ether oxygens (including phenoxy) is 2. The summed E-state index contributed by atoms with van der Waals surface area (Å²) in [7, 11) is 0. The minimum Gasteiger partial charge on any atom is -0.488 e. The highest BCUT2D eigenvalue weighted by Gasteiger charge is 2.16. The molecule has 2 aromatic rings. The van der Waals surface area contributed by atoms with Crippen molar-refractivity contribution < 1.29 is 19.2 Å². The normalized spacial score (nSPS) is 10.2. The summed E-state index contributed by atoms with van der Waals surface area (Å²) in [5.74, 6) is -0.173. The molecular formula is C15H11BrClNO5. The molecule has 23 heavy (non-hydrogen) atoms. The van der Waals surface area contributed by atoms with E-state index in [1.54, 1.807) is 24.3 Å². The van der Waals surface area contributed by atoms with Crippen molar-refractivity contribution in [3.05, 3.63) is 67.6 Å². The summed E-state index contributed by atoms with van der Waals surface area (Å²) in [6, 6.07) is 10.9. The number of esters is 1. The monoisotopic (exact) mass is 399 g/mol. The topological polar surface area (TPSA) is 78.7 Å². The molecule has 0 radical (unpaired) electrons. The number of benzene rings is 2. The van der Waals surface area contributed by atoms with Crippen molar-refractivity contribution in [2.75, 3.05) is 13.2 Å². The van der Waals surface area contributed by atoms with Crippen LogP contribution in [0.4, 0.5) is 5.69 Å². The second-order valence-electron chi connectivity index (χ2n) is 4.34. The van der Waals surface area contributed by atoms with Crippen LogP contribution in [-0.2, 0) is 4.74 Å². The Morgan fingerprint density at radius 3 is 2.65 bits per heavy atom. The quantitative estimate of drug-likeness (QED) is 0.313. The molecule has 6 nitrogen and oxygen atoms in total. The lowest BCUT2D eigenvalue weighted by molar-refractivity contribution is -0.385. The van der Waals surface area contributed by atoms with Crippen LogP contribution in [0.5, 0.6) is 5.75 Å². The van der Waals surface area contributed by atoms with E-state index in [1.807, 2.05) is 0 Å². The number of carbonyl (C=O) groups excluding carboxylic acids is 1. The lowest BCUT2D eigenvalue weighted by Gasteiger charge is -2.08. The van der Waals surface area contributed by atoms with Gasteiger partial charge >= 0.3 is 5.97 Å². The number of hydrogen-bond donors (Lipinski definition) is 0. The Kier molecular flexibility index (Phi) is 5.95. The molecule has 0 heterocycles. The van der Waals surface area contributed by atoms with Gasteiger partial charge in [0.05, 0.1) is 20.0 Å². The van der Waals surface area contributed by atoms with Gasteiger partial charge < -0.3 is 9.47 Å². The molecule has 0 fully saturated rings. The summed E-state index contributed by atoms with van der Waals surface area (Å²) < 4.78 is 10.7. The van der Waals surface area contributed by atoms with Crippen molar-refractivity contribution in [3.63, 3.8) is 0 Å². The number of carbonyl (C=O) groups is 1. The van der Waals surface area contributed by atoms with Gasteiger partial charge in [-0.15, -0.1) is 0 Å². The average Bonchev–Trinajstić information content (AvgIpc) is 2.53. The highest BCUT2D eigenvalue weighted by atomic mass is 79.9. The maximum Gasteiger partial charge on any atom is 0.338 e. The Morgan fingerprint density at radius 1 is 1.22 bits per heavy atom. The van der Waals surface area contributed by atoms with Gasteiger partial charge in [0.1, 0.15) is 19.0 Å². The number of halogens is 2. The molecule has 0 unspecified atom stereocenters. The molecule has 2 aromatic carbocycles. The Labute approximate surface area is 145 Å². The van der Waals surface area contributed by atoms with Crippen LogP contribution in [0, 0.1) is 10.1 Å². The van der Waals surface area contributed by atoms with E-state index in [0.29, 0.717) is 15.2 Å². The molecule has 0 N–H and O–H groups in total. The zero-order valence-electron chi connectivity index (χ0n) is 11.7. The molecule has 0 bridgehead atoms. The zero-order valence-corrected chi connectivity index (χ0v) is 14.0. The summed E-state index contributed by atoms with van der Waals surface area (Å²) in [6.45, 7) is 0.113. The van der Waals surface area contributed by atoms with Gasteiger partial charge in [0.15, 0.2) is 0 Å². The van der Waals surface area contributed by atoms with Crippen LogP contribution < -0.4 is 4.74 Å². The van der Waals surface area contributed by atoms with E-state index >= 15 is 0 Å². The van der Waals surface area contributed by atoms with Gasteiger partial charge in [-0.2, -0.15) is 0 Å². The summed E-state index contributed by atoms with van der Waals surface area (Å²) in [5, 5.41) is 11.3. The van der Waals surface area contributed by atoms with Crippen LogP contribution in [0.2, 0.25) is 5.02 Å². The molecule has 120 valence electrons. The van der Waals surface area contributed by atoms with Gasteiger partial charge in [-0.3, -0.25) is 10.1 Å². The molecule has 0 aliphatic rings. The number of rotatable bonds is 6. The first-order valence-corrected chi connectivity index (χ1v) is 7.64. The Morgan fingerprint density at radius 2 is 1.96 bits per heavy atom. The van der Waals surface area contributed by atoms with Gasteiger partial charge in [-0.25, -0.2) is 4.79 Å². The van der Waals surface area contributed by atoms with E-state index < -0.39 is 10.9 Å². The Hall–Kier alpha value is -2.12. The fraction of sp³-hybridized carbons (Fsp3) is 0.133. The Balaban J connectivity index is 1.89. The van der Waals surface area contributed by atoms with E-state index in [4.69, 9.17) is 21.1 Å². The molecule has 0 spiro atoms. The van der Waals surface area contributed by atoms with Crippen LogP contribution in [0.3, 0.4) is 0 Å². The number of nitrogens with zero attached hydrogens (tertiary/aromatic N) is 1. The van der Waals surface area contributed by atoms with Gasteiger partial charge in [-0.1, -0.05) is 23.7 Å².